The highest BCUT2D eigenvalue weighted by Crippen LogP contribution is 2.30. The van der Waals surface area contributed by atoms with E-state index in [4.69, 9.17) is 0 Å². The first kappa shape index (κ1) is 14.5. The summed E-state index contributed by atoms with van der Waals surface area (Å²) in [6.07, 6.45) is 2.04. The van der Waals surface area contributed by atoms with Crippen LogP contribution in [0.2, 0.25) is 0 Å². The summed E-state index contributed by atoms with van der Waals surface area (Å²) in [5, 5.41) is 11.7. The highest BCUT2D eigenvalue weighted by Gasteiger charge is 2.43. The summed E-state index contributed by atoms with van der Waals surface area (Å²) in [5.74, 6) is -1.89. The van der Waals surface area contributed by atoms with Crippen LogP contribution in [-0.4, -0.2) is 27.1 Å². The molecule has 0 spiro atoms. The molecule has 0 unspecified atom stereocenters. The number of hydrogen-bond donors (Lipinski definition) is 2. The van der Waals surface area contributed by atoms with Crippen LogP contribution in [0.15, 0.2) is 12.1 Å². The monoisotopic (exact) mass is 286 g/mol. The molecule has 1 aliphatic carbocycles. The number of carboxylic acid groups (broad SMARTS) is 1. The molecule has 5 nitrogen and oxygen atoms in total. The molecule has 0 aliphatic heterocycles. The molecule has 0 atom stereocenters. The molecule has 0 saturated heterocycles. The number of halogens is 2. The predicted octanol–water partition coefficient (Wildman–Crippen LogP) is 2.32. The van der Waals surface area contributed by atoms with Crippen molar-refractivity contribution in [2.24, 2.45) is 0 Å². The molecule has 1 aliphatic rings. The van der Waals surface area contributed by atoms with Gasteiger partial charge in [-0.25, -0.2) is 4.79 Å². The quantitative estimate of drug-likeness (QED) is 0.892. The lowest BCUT2D eigenvalue weighted by Crippen LogP contribution is -2.52. The van der Waals surface area contributed by atoms with Crippen molar-refractivity contribution in [1.29, 1.82) is 0 Å². The number of alkyl halides is 2. The molecule has 0 bridgehead atoms. The van der Waals surface area contributed by atoms with E-state index in [1.165, 1.54) is 19.1 Å². The average Bonchev–Trinajstić information content (AvgIpc) is 2.96. The van der Waals surface area contributed by atoms with Crippen molar-refractivity contribution >= 4 is 11.9 Å². The summed E-state index contributed by atoms with van der Waals surface area (Å²) in [6, 6.07) is 2.69. The third-order valence-corrected chi connectivity index (χ3v) is 3.77. The van der Waals surface area contributed by atoms with E-state index in [0.29, 0.717) is 30.3 Å². The summed E-state index contributed by atoms with van der Waals surface area (Å²) in [6.45, 7) is -1.37. The van der Waals surface area contributed by atoms with Gasteiger partial charge in [-0.15, -0.1) is 0 Å². The molecule has 1 aromatic heterocycles. The van der Waals surface area contributed by atoms with E-state index in [1.807, 2.05) is 0 Å². The molecule has 7 heteroatoms. The topological polar surface area (TPSA) is 71.3 Å². The standard InChI is InChI=1S/C13H16F2N2O3/c1-8-4-5-9(17(8)12(14)15)10(18)16-13(11(19)20)6-2-3-7-13/h4-5,12H,2-3,6-7H2,1H3,(H,16,18)(H,19,20). The van der Waals surface area contributed by atoms with Gasteiger partial charge in [0.1, 0.15) is 11.2 Å². The van der Waals surface area contributed by atoms with Gasteiger partial charge < -0.3 is 10.4 Å². The van der Waals surface area contributed by atoms with Crippen LogP contribution in [0, 0.1) is 6.92 Å². The second-order valence-corrected chi connectivity index (χ2v) is 5.06. The van der Waals surface area contributed by atoms with Crippen molar-refractivity contribution in [1.82, 2.24) is 9.88 Å². The number of nitrogens with zero attached hydrogens (tertiary/aromatic N) is 1. The van der Waals surface area contributed by atoms with E-state index in [0.717, 1.165) is 0 Å². The summed E-state index contributed by atoms with van der Waals surface area (Å²) < 4.78 is 26.4. The Hall–Kier alpha value is -1.92. The fourth-order valence-corrected chi connectivity index (χ4v) is 2.65. The molecular weight excluding hydrogens is 270 g/mol. The zero-order valence-electron chi connectivity index (χ0n) is 11.0. The van der Waals surface area contributed by atoms with Crippen molar-refractivity contribution < 1.29 is 23.5 Å². The lowest BCUT2D eigenvalue weighted by Gasteiger charge is -2.25. The van der Waals surface area contributed by atoms with Gasteiger partial charge in [-0.1, -0.05) is 12.8 Å². The van der Waals surface area contributed by atoms with Crippen LogP contribution in [0.3, 0.4) is 0 Å². The Morgan fingerprint density at radius 2 is 1.95 bits per heavy atom. The van der Waals surface area contributed by atoms with Crippen molar-refractivity contribution in [2.75, 3.05) is 0 Å². The van der Waals surface area contributed by atoms with Crippen LogP contribution < -0.4 is 5.32 Å². The first-order valence-corrected chi connectivity index (χ1v) is 6.39. The van der Waals surface area contributed by atoms with Gasteiger partial charge in [0.25, 0.3) is 5.91 Å². The number of carboxylic acids is 1. The number of nitrogens with one attached hydrogen (secondary N) is 1. The smallest absolute Gasteiger partial charge is 0.329 e. The van der Waals surface area contributed by atoms with Crippen molar-refractivity contribution in [2.45, 2.75) is 44.7 Å². The average molecular weight is 286 g/mol. The van der Waals surface area contributed by atoms with Gasteiger partial charge in [-0.05, 0) is 31.9 Å². The van der Waals surface area contributed by atoms with Gasteiger partial charge in [0.05, 0.1) is 0 Å². The second-order valence-electron chi connectivity index (χ2n) is 5.06. The van der Waals surface area contributed by atoms with Gasteiger partial charge in [0, 0.05) is 5.69 Å². The zero-order chi connectivity index (χ0) is 14.9. The van der Waals surface area contributed by atoms with Gasteiger partial charge in [-0.2, -0.15) is 8.78 Å². The molecule has 2 rings (SSSR count). The minimum atomic E-state index is -2.84. The Labute approximate surface area is 114 Å². The van der Waals surface area contributed by atoms with E-state index < -0.39 is 24.0 Å². The molecule has 110 valence electrons. The number of hydrogen-bond acceptors (Lipinski definition) is 2. The second kappa shape index (κ2) is 5.22. The minimum Gasteiger partial charge on any atom is -0.480 e. The molecule has 20 heavy (non-hydrogen) atoms. The van der Waals surface area contributed by atoms with E-state index in [1.54, 1.807) is 0 Å². The Bertz CT molecular complexity index is 534. The van der Waals surface area contributed by atoms with Crippen LogP contribution in [0.5, 0.6) is 0 Å². The van der Waals surface area contributed by atoms with Crippen LogP contribution >= 0.6 is 0 Å². The van der Waals surface area contributed by atoms with Crippen molar-refractivity contribution in [3.05, 3.63) is 23.5 Å². The van der Waals surface area contributed by atoms with E-state index in [9.17, 15) is 23.5 Å². The Morgan fingerprint density at radius 1 is 1.35 bits per heavy atom. The molecule has 0 aromatic carbocycles. The number of rotatable bonds is 4. The molecule has 2 N–H and O–H groups in total. The van der Waals surface area contributed by atoms with Gasteiger partial charge in [0.15, 0.2) is 0 Å². The Morgan fingerprint density at radius 3 is 2.45 bits per heavy atom. The molecule has 1 fully saturated rings. The van der Waals surface area contributed by atoms with Crippen LogP contribution in [-0.2, 0) is 4.79 Å². The lowest BCUT2D eigenvalue weighted by atomic mass is 9.97. The molecule has 1 amide bonds. The van der Waals surface area contributed by atoms with Gasteiger partial charge >= 0.3 is 12.5 Å². The number of aliphatic carboxylic acids is 1. The summed E-state index contributed by atoms with van der Waals surface area (Å²) in [5.41, 5.74) is -1.30. The van der Waals surface area contributed by atoms with Crippen LogP contribution in [0.4, 0.5) is 8.78 Å². The number of carbonyl (C=O) groups is 2. The zero-order valence-corrected chi connectivity index (χ0v) is 11.0. The maximum absolute atomic E-state index is 12.9. The maximum Gasteiger partial charge on any atom is 0.329 e. The normalized spacial score (nSPS) is 17.4. The van der Waals surface area contributed by atoms with Gasteiger partial charge in [-0.3, -0.25) is 9.36 Å². The Kier molecular flexibility index (Phi) is 3.78. The third kappa shape index (κ3) is 2.39. The van der Waals surface area contributed by atoms with Crippen molar-refractivity contribution in [3.8, 4) is 0 Å². The van der Waals surface area contributed by atoms with E-state index >= 15 is 0 Å². The van der Waals surface area contributed by atoms with Gasteiger partial charge in [0.2, 0.25) is 0 Å². The number of aromatic nitrogens is 1. The SMILES string of the molecule is Cc1ccc(C(=O)NC2(C(=O)O)CCCC2)n1C(F)F. The minimum absolute atomic E-state index is 0.218. The van der Waals surface area contributed by atoms with E-state index in [2.05, 4.69) is 5.32 Å². The summed E-state index contributed by atoms with van der Waals surface area (Å²) in [7, 11) is 0. The fourth-order valence-electron chi connectivity index (χ4n) is 2.65. The summed E-state index contributed by atoms with van der Waals surface area (Å²) >= 11 is 0. The summed E-state index contributed by atoms with van der Waals surface area (Å²) in [4.78, 5) is 23.5. The maximum atomic E-state index is 12.9. The molecule has 1 aromatic rings. The molecule has 0 radical (unpaired) electrons. The molecule has 1 heterocycles. The third-order valence-electron chi connectivity index (χ3n) is 3.77. The predicted molar refractivity (Wildman–Crippen MR) is 66.7 cm³/mol. The number of amides is 1. The highest BCUT2D eigenvalue weighted by atomic mass is 19.3. The lowest BCUT2D eigenvalue weighted by molar-refractivity contribution is -0.144. The first-order valence-electron chi connectivity index (χ1n) is 6.39. The van der Waals surface area contributed by atoms with Crippen LogP contribution in [0.1, 0.15) is 48.4 Å². The molecular formula is C13H16F2N2O3. The fraction of sp³-hybridized carbons (Fsp3) is 0.538. The first-order chi connectivity index (χ1) is 9.37. The van der Waals surface area contributed by atoms with E-state index in [-0.39, 0.29) is 11.4 Å². The van der Waals surface area contributed by atoms with Crippen molar-refractivity contribution in [3.63, 3.8) is 0 Å². The number of carbonyl (C=O) groups excluding carboxylic acids is 1. The number of aryl methyl sites for hydroxylation is 1. The highest BCUT2D eigenvalue weighted by molar-refractivity contribution is 5.97. The van der Waals surface area contributed by atoms with Crippen LogP contribution in [0.25, 0.3) is 0 Å². The Balaban J connectivity index is 2.26. The molecule has 1 saturated carbocycles. The largest absolute Gasteiger partial charge is 0.480 e.